The quantitative estimate of drug-likeness (QED) is 0.652. The second kappa shape index (κ2) is 5.86. The maximum absolute atomic E-state index is 8.98. The average Bonchev–Trinajstić information content (AvgIpc) is 2.69. The average molecular weight is 283 g/mol. The van der Waals surface area contributed by atoms with Crippen molar-refractivity contribution in [2.45, 2.75) is 30.5 Å². The predicted molar refractivity (Wildman–Crippen MR) is 78.7 cm³/mol. The van der Waals surface area contributed by atoms with E-state index in [1.54, 1.807) is 23.1 Å². The third kappa shape index (κ3) is 2.93. The number of hydrogen-bond acceptors (Lipinski definition) is 6. The van der Waals surface area contributed by atoms with E-state index in [9.17, 15) is 0 Å². The number of hydrogen-bond donors (Lipinski definition) is 2. The van der Waals surface area contributed by atoms with E-state index in [1.165, 1.54) is 4.88 Å². The number of nitrogens with one attached hydrogen (secondary N) is 1. The number of aliphatic hydroxyl groups is 1. The van der Waals surface area contributed by atoms with Crippen LogP contribution in [0.2, 0.25) is 0 Å². The van der Waals surface area contributed by atoms with E-state index in [1.807, 2.05) is 7.05 Å². The number of aromatic nitrogens is 2. The highest BCUT2D eigenvalue weighted by Gasteiger charge is 2.13. The minimum absolute atomic E-state index is 0.212. The van der Waals surface area contributed by atoms with Crippen LogP contribution >= 0.6 is 23.1 Å². The maximum Gasteiger partial charge on any atom is 0.224 e. The molecule has 0 fully saturated rings. The Morgan fingerprint density at radius 1 is 1.50 bits per heavy atom. The molecule has 2 N–H and O–H groups in total. The molecule has 0 saturated heterocycles. The second-order valence-corrected chi connectivity index (χ2v) is 6.78. The minimum Gasteiger partial charge on any atom is -0.396 e. The van der Waals surface area contributed by atoms with Gasteiger partial charge in [-0.1, -0.05) is 6.92 Å². The molecule has 4 nitrogen and oxygen atoms in total. The Balaban J connectivity index is 2.40. The largest absolute Gasteiger partial charge is 0.396 e. The topological polar surface area (TPSA) is 58.0 Å². The Morgan fingerprint density at radius 2 is 2.28 bits per heavy atom. The first kappa shape index (κ1) is 13.6. The van der Waals surface area contributed by atoms with Gasteiger partial charge in [0.2, 0.25) is 5.95 Å². The standard InChI is InChI=1S/C12H17N3OS2/c1-7(4-5-16)17-10-9-6-8(2)18-11(9)15-12(13-3)14-10/h6-7,16H,4-5H2,1-3H3,(H,13,14,15). The van der Waals surface area contributed by atoms with Gasteiger partial charge in [0.1, 0.15) is 9.86 Å². The van der Waals surface area contributed by atoms with Crippen molar-refractivity contribution in [1.29, 1.82) is 0 Å². The zero-order chi connectivity index (χ0) is 13.1. The van der Waals surface area contributed by atoms with Gasteiger partial charge in [0.15, 0.2) is 0 Å². The van der Waals surface area contributed by atoms with Crippen LogP contribution in [-0.4, -0.2) is 34.0 Å². The molecule has 2 aromatic rings. The van der Waals surface area contributed by atoms with Crippen LogP contribution in [0.4, 0.5) is 5.95 Å². The lowest BCUT2D eigenvalue weighted by Crippen LogP contribution is -2.02. The molecule has 1 atom stereocenters. The predicted octanol–water partition coefficient (Wildman–Crippen LogP) is 2.90. The summed E-state index contributed by atoms with van der Waals surface area (Å²) >= 11 is 3.38. The Labute approximate surface area is 115 Å². The molecule has 0 aliphatic carbocycles. The molecular formula is C12H17N3OS2. The summed E-state index contributed by atoms with van der Waals surface area (Å²) in [5.74, 6) is 0.656. The van der Waals surface area contributed by atoms with Crippen molar-refractivity contribution < 1.29 is 5.11 Å². The molecular weight excluding hydrogens is 266 g/mol. The number of fused-ring (bicyclic) bond motifs is 1. The molecule has 0 amide bonds. The molecule has 0 bridgehead atoms. The van der Waals surface area contributed by atoms with Crippen LogP contribution in [0, 0.1) is 6.92 Å². The Bertz CT molecular complexity index is 541. The molecule has 98 valence electrons. The molecule has 0 aliphatic heterocycles. The summed E-state index contributed by atoms with van der Waals surface area (Å²) < 4.78 is 0. The highest BCUT2D eigenvalue weighted by Crippen LogP contribution is 2.34. The summed E-state index contributed by atoms with van der Waals surface area (Å²) in [6, 6.07) is 2.13. The van der Waals surface area contributed by atoms with Gasteiger partial charge in [-0.15, -0.1) is 23.1 Å². The van der Waals surface area contributed by atoms with Gasteiger partial charge in [-0.3, -0.25) is 0 Å². The fourth-order valence-electron chi connectivity index (χ4n) is 1.65. The van der Waals surface area contributed by atoms with E-state index in [0.29, 0.717) is 11.2 Å². The summed E-state index contributed by atoms with van der Waals surface area (Å²) in [6.07, 6.45) is 0.772. The molecule has 0 aliphatic rings. The summed E-state index contributed by atoms with van der Waals surface area (Å²) in [6.45, 7) is 4.40. The number of aliphatic hydroxyl groups excluding tert-OH is 1. The van der Waals surface area contributed by atoms with Gasteiger partial charge in [-0.05, 0) is 19.4 Å². The normalized spacial score (nSPS) is 12.9. The lowest BCUT2D eigenvalue weighted by atomic mass is 10.3. The van der Waals surface area contributed by atoms with Gasteiger partial charge < -0.3 is 10.4 Å². The monoisotopic (exact) mass is 283 g/mol. The van der Waals surface area contributed by atoms with E-state index >= 15 is 0 Å². The van der Waals surface area contributed by atoms with Crippen molar-refractivity contribution in [3.05, 3.63) is 10.9 Å². The van der Waals surface area contributed by atoms with E-state index in [2.05, 4.69) is 35.2 Å². The van der Waals surface area contributed by atoms with Crippen molar-refractivity contribution >= 4 is 39.3 Å². The number of anilines is 1. The second-order valence-electron chi connectivity index (χ2n) is 4.12. The lowest BCUT2D eigenvalue weighted by molar-refractivity contribution is 0.289. The number of aryl methyl sites for hydroxylation is 1. The zero-order valence-electron chi connectivity index (χ0n) is 10.7. The van der Waals surface area contributed by atoms with Crippen LogP contribution in [0.3, 0.4) is 0 Å². The third-order valence-electron chi connectivity index (χ3n) is 2.55. The van der Waals surface area contributed by atoms with Crippen LogP contribution in [-0.2, 0) is 0 Å². The molecule has 0 saturated carbocycles. The first-order valence-electron chi connectivity index (χ1n) is 5.87. The van der Waals surface area contributed by atoms with Crippen molar-refractivity contribution in [2.75, 3.05) is 19.0 Å². The first-order valence-corrected chi connectivity index (χ1v) is 7.57. The molecule has 0 aromatic carbocycles. The zero-order valence-corrected chi connectivity index (χ0v) is 12.4. The van der Waals surface area contributed by atoms with Crippen LogP contribution in [0.25, 0.3) is 10.2 Å². The van der Waals surface area contributed by atoms with Gasteiger partial charge in [0.05, 0.1) is 0 Å². The summed E-state index contributed by atoms with van der Waals surface area (Å²) in [5.41, 5.74) is 0. The highest BCUT2D eigenvalue weighted by atomic mass is 32.2. The Hall–Kier alpha value is -0.850. The summed E-state index contributed by atoms with van der Waals surface area (Å²) in [4.78, 5) is 11.2. The van der Waals surface area contributed by atoms with E-state index < -0.39 is 0 Å². The molecule has 2 aromatic heterocycles. The Morgan fingerprint density at radius 3 is 2.94 bits per heavy atom. The van der Waals surface area contributed by atoms with Crippen LogP contribution < -0.4 is 5.32 Å². The van der Waals surface area contributed by atoms with Gasteiger partial charge in [-0.2, -0.15) is 0 Å². The highest BCUT2D eigenvalue weighted by molar-refractivity contribution is 8.00. The summed E-state index contributed by atoms with van der Waals surface area (Å²) in [7, 11) is 1.83. The van der Waals surface area contributed by atoms with Crippen molar-refractivity contribution in [3.8, 4) is 0 Å². The molecule has 0 spiro atoms. The molecule has 2 heterocycles. The van der Waals surface area contributed by atoms with E-state index in [4.69, 9.17) is 5.11 Å². The molecule has 1 unspecified atom stereocenters. The Kier molecular flexibility index (Phi) is 4.42. The number of thiophene rings is 1. The van der Waals surface area contributed by atoms with Crippen LogP contribution in [0.1, 0.15) is 18.2 Å². The van der Waals surface area contributed by atoms with E-state index in [-0.39, 0.29) is 6.61 Å². The van der Waals surface area contributed by atoms with Crippen molar-refractivity contribution in [2.24, 2.45) is 0 Å². The van der Waals surface area contributed by atoms with Gasteiger partial charge >= 0.3 is 0 Å². The molecule has 6 heteroatoms. The number of thioether (sulfide) groups is 1. The summed E-state index contributed by atoms with van der Waals surface area (Å²) in [5, 5.41) is 14.4. The first-order chi connectivity index (χ1) is 8.63. The third-order valence-corrected chi connectivity index (χ3v) is 4.67. The van der Waals surface area contributed by atoms with Gasteiger partial charge in [-0.25, -0.2) is 9.97 Å². The fraction of sp³-hybridized carbons (Fsp3) is 0.500. The van der Waals surface area contributed by atoms with Crippen molar-refractivity contribution in [3.63, 3.8) is 0 Å². The van der Waals surface area contributed by atoms with Gasteiger partial charge in [0.25, 0.3) is 0 Å². The molecule has 2 rings (SSSR count). The van der Waals surface area contributed by atoms with Crippen molar-refractivity contribution in [1.82, 2.24) is 9.97 Å². The minimum atomic E-state index is 0.212. The van der Waals surface area contributed by atoms with Crippen LogP contribution in [0.5, 0.6) is 0 Å². The van der Waals surface area contributed by atoms with Crippen LogP contribution in [0.15, 0.2) is 11.1 Å². The molecule has 18 heavy (non-hydrogen) atoms. The maximum atomic E-state index is 8.98. The SMILES string of the molecule is CNc1nc(SC(C)CCO)c2cc(C)sc2n1. The van der Waals surface area contributed by atoms with E-state index in [0.717, 1.165) is 21.7 Å². The number of nitrogens with zero attached hydrogens (tertiary/aromatic N) is 2. The smallest absolute Gasteiger partial charge is 0.224 e. The van der Waals surface area contributed by atoms with Gasteiger partial charge in [0, 0.05) is 29.2 Å². The fourth-order valence-corrected chi connectivity index (χ4v) is 3.62. The lowest BCUT2D eigenvalue weighted by Gasteiger charge is -2.10. The number of rotatable bonds is 5. The molecule has 0 radical (unpaired) electrons.